The first-order valence-corrected chi connectivity index (χ1v) is 8.80. The van der Waals surface area contributed by atoms with Crippen LogP contribution in [0, 0.1) is 0 Å². The summed E-state index contributed by atoms with van der Waals surface area (Å²) in [5, 5.41) is 0. The molecule has 0 fully saturated rings. The first kappa shape index (κ1) is 15.0. The largest absolute Gasteiger partial charge is 0.342 e. The van der Waals surface area contributed by atoms with Gasteiger partial charge in [0.15, 0.2) is 0 Å². The average Bonchev–Trinajstić information content (AvgIpc) is 2.62. The molecule has 0 bridgehead atoms. The van der Waals surface area contributed by atoms with Crippen molar-refractivity contribution >= 4 is 8.81 Å². The normalized spacial score (nSPS) is 11.9. The monoisotopic (exact) mass is 306 g/mol. The zero-order valence-corrected chi connectivity index (χ0v) is 13.6. The van der Waals surface area contributed by atoms with Crippen LogP contribution in [0.2, 0.25) is 0 Å². The van der Waals surface area contributed by atoms with Gasteiger partial charge in [-0.05, 0) is 23.4 Å². The third kappa shape index (κ3) is 2.70. The molecule has 110 valence electrons. The van der Waals surface area contributed by atoms with Crippen molar-refractivity contribution < 1.29 is 4.52 Å². The van der Waals surface area contributed by atoms with E-state index in [0.717, 1.165) is 16.7 Å². The molecule has 0 aromatic heterocycles. The highest BCUT2D eigenvalue weighted by atomic mass is 31.1. The van der Waals surface area contributed by atoms with Gasteiger partial charge < -0.3 is 4.52 Å². The molecular formula is C20H19OP. The zero-order valence-electron chi connectivity index (χ0n) is 12.6. The van der Waals surface area contributed by atoms with E-state index in [2.05, 4.69) is 79.5 Å². The fourth-order valence-corrected chi connectivity index (χ4v) is 3.51. The van der Waals surface area contributed by atoms with E-state index >= 15 is 0 Å². The van der Waals surface area contributed by atoms with Gasteiger partial charge >= 0.3 is 0 Å². The Hall–Kier alpha value is -1.95. The Balaban J connectivity index is 2.29. The van der Waals surface area contributed by atoms with E-state index in [1.165, 1.54) is 0 Å². The van der Waals surface area contributed by atoms with Gasteiger partial charge in [0, 0.05) is 8.81 Å². The summed E-state index contributed by atoms with van der Waals surface area (Å²) in [6.45, 7) is 2.07. The lowest BCUT2D eigenvalue weighted by molar-refractivity contribution is 0.185. The predicted molar refractivity (Wildman–Crippen MR) is 94.5 cm³/mol. The van der Waals surface area contributed by atoms with Gasteiger partial charge in [-0.15, -0.1) is 0 Å². The Morgan fingerprint density at radius 1 is 0.591 bits per heavy atom. The van der Waals surface area contributed by atoms with Crippen molar-refractivity contribution in [2.24, 2.45) is 0 Å². The third-order valence-corrected chi connectivity index (χ3v) is 4.31. The molecule has 0 heterocycles. The van der Waals surface area contributed by atoms with E-state index in [4.69, 9.17) is 4.52 Å². The fraction of sp³-hybridized carbons (Fsp3) is 0.100. The maximum Gasteiger partial charge on any atom is 0.147 e. The summed E-state index contributed by atoms with van der Waals surface area (Å²) >= 11 is 0. The predicted octanol–water partition coefficient (Wildman–Crippen LogP) is 5.22. The molecule has 0 amide bonds. The van der Waals surface area contributed by atoms with Gasteiger partial charge in [-0.25, -0.2) is 0 Å². The number of rotatable bonds is 5. The molecule has 2 heteroatoms. The van der Waals surface area contributed by atoms with Crippen molar-refractivity contribution in [1.29, 1.82) is 0 Å². The van der Waals surface area contributed by atoms with E-state index < -0.39 is 5.60 Å². The van der Waals surface area contributed by atoms with E-state index in [1.54, 1.807) is 0 Å². The molecule has 0 radical (unpaired) electrons. The van der Waals surface area contributed by atoms with Crippen molar-refractivity contribution in [3.8, 4) is 0 Å². The van der Waals surface area contributed by atoms with Gasteiger partial charge in [0.1, 0.15) is 5.60 Å². The molecular weight excluding hydrogens is 287 g/mol. The second-order valence-electron chi connectivity index (χ2n) is 5.09. The molecule has 3 aromatic rings. The van der Waals surface area contributed by atoms with Crippen LogP contribution in [-0.2, 0) is 10.1 Å². The van der Waals surface area contributed by atoms with Crippen LogP contribution in [0.4, 0.5) is 0 Å². The maximum absolute atomic E-state index is 6.42. The molecule has 3 rings (SSSR count). The molecule has 22 heavy (non-hydrogen) atoms. The summed E-state index contributed by atoms with van der Waals surface area (Å²) in [4.78, 5) is 0. The van der Waals surface area contributed by atoms with Crippen LogP contribution in [0.1, 0.15) is 16.7 Å². The lowest BCUT2D eigenvalue weighted by Crippen LogP contribution is -2.30. The molecule has 0 spiro atoms. The highest BCUT2D eigenvalue weighted by Crippen LogP contribution is 2.43. The molecule has 1 atom stereocenters. The van der Waals surface area contributed by atoms with Gasteiger partial charge in [-0.2, -0.15) is 0 Å². The molecule has 0 saturated carbocycles. The molecule has 0 N–H and O–H groups in total. The fourth-order valence-electron chi connectivity index (χ4n) is 2.85. The number of benzene rings is 3. The quantitative estimate of drug-likeness (QED) is 0.464. The molecule has 1 nitrogen and oxygen atoms in total. The maximum atomic E-state index is 6.42. The average molecular weight is 306 g/mol. The number of hydrogen-bond acceptors (Lipinski definition) is 1. The van der Waals surface area contributed by atoms with Gasteiger partial charge in [0.2, 0.25) is 0 Å². The van der Waals surface area contributed by atoms with Gasteiger partial charge in [0.25, 0.3) is 0 Å². The van der Waals surface area contributed by atoms with E-state index in [-0.39, 0.29) is 0 Å². The smallest absolute Gasteiger partial charge is 0.147 e. The van der Waals surface area contributed by atoms with Crippen LogP contribution in [0.15, 0.2) is 91.0 Å². The minimum absolute atomic E-state index is 0.386. The van der Waals surface area contributed by atoms with Gasteiger partial charge in [-0.3, -0.25) is 0 Å². The minimum Gasteiger partial charge on any atom is -0.342 e. The Labute approximate surface area is 133 Å². The Morgan fingerprint density at radius 3 is 1.18 bits per heavy atom. The lowest BCUT2D eigenvalue weighted by atomic mass is 9.80. The van der Waals surface area contributed by atoms with Crippen LogP contribution < -0.4 is 0 Å². The van der Waals surface area contributed by atoms with Crippen LogP contribution in [0.5, 0.6) is 0 Å². The van der Waals surface area contributed by atoms with Crippen molar-refractivity contribution in [1.82, 2.24) is 0 Å². The summed E-state index contributed by atoms with van der Waals surface area (Å²) in [7, 11) is 0.386. The van der Waals surface area contributed by atoms with Crippen molar-refractivity contribution in [3.63, 3.8) is 0 Å². The van der Waals surface area contributed by atoms with E-state index in [0.29, 0.717) is 8.81 Å². The summed E-state index contributed by atoms with van der Waals surface area (Å²) in [5.41, 5.74) is 2.90. The Bertz CT molecular complexity index is 599. The molecule has 0 aliphatic rings. The zero-order chi connectivity index (χ0) is 15.3. The highest BCUT2D eigenvalue weighted by Gasteiger charge is 2.37. The Morgan fingerprint density at radius 2 is 0.909 bits per heavy atom. The highest BCUT2D eigenvalue weighted by molar-refractivity contribution is 7.31. The minimum atomic E-state index is -0.559. The molecule has 0 aliphatic carbocycles. The molecule has 3 aromatic carbocycles. The molecule has 0 aliphatic heterocycles. The van der Waals surface area contributed by atoms with Gasteiger partial charge in [0.05, 0.1) is 0 Å². The van der Waals surface area contributed by atoms with Crippen LogP contribution in [-0.4, -0.2) is 6.66 Å². The van der Waals surface area contributed by atoms with Crippen molar-refractivity contribution in [2.75, 3.05) is 6.66 Å². The first-order valence-electron chi connectivity index (χ1n) is 7.39. The third-order valence-electron chi connectivity index (χ3n) is 3.80. The molecule has 0 saturated heterocycles. The second kappa shape index (κ2) is 6.87. The summed E-state index contributed by atoms with van der Waals surface area (Å²) < 4.78 is 6.42. The topological polar surface area (TPSA) is 9.23 Å². The standard InChI is InChI=1S/C20H19OP/c1-22-21-20(17-11-5-2-6-12-17,18-13-7-3-8-14-18)19-15-9-4-10-16-19/h2-16,22H,1H3. The SMILES string of the molecule is CPOC(c1ccccc1)(c1ccccc1)c1ccccc1. The lowest BCUT2D eigenvalue weighted by Gasteiger charge is -2.35. The molecule has 1 unspecified atom stereocenters. The van der Waals surface area contributed by atoms with Crippen LogP contribution in [0.3, 0.4) is 0 Å². The van der Waals surface area contributed by atoms with Crippen molar-refractivity contribution in [3.05, 3.63) is 108 Å². The van der Waals surface area contributed by atoms with E-state index in [9.17, 15) is 0 Å². The van der Waals surface area contributed by atoms with Gasteiger partial charge in [-0.1, -0.05) is 91.0 Å². The summed E-state index contributed by atoms with van der Waals surface area (Å²) in [6, 6.07) is 31.4. The number of hydrogen-bond donors (Lipinski definition) is 0. The van der Waals surface area contributed by atoms with Crippen LogP contribution in [0.25, 0.3) is 0 Å². The summed E-state index contributed by atoms with van der Waals surface area (Å²) in [5.74, 6) is 0. The second-order valence-corrected chi connectivity index (χ2v) is 5.70. The summed E-state index contributed by atoms with van der Waals surface area (Å²) in [6.07, 6.45) is 0. The Kier molecular flexibility index (Phi) is 4.68. The first-order chi connectivity index (χ1) is 10.9. The van der Waals surface area contributed by atoms with Crippen molar-refractivity contribution in [2.45, 2.75) is 5.60 Å². The van der Waals surface area contributed by atoms with E-state index in [1.807, 2.05) is 18.2 Å². The van der Waals surface area contributed by atoms with Crippen LogP contribution >= 0.6 is 8.81 Å².